The SMILES string of the molecule is CCc1cccc2cc3cc(N)ccc3nc12. The van der Waals surface area contributed by atoms with Crippen molar-refractivity contribution >= 4 is 27.5 Å². The molecule has 2 nitrogen and oxygen atoms in total. The molecule has 2 N–H and O–H groups in total. The molecule has 0 amide bonds. The van der Waals surface area contributed by atoms with E-state index in [1.807, 2.05) is 18.2 Å². The van der Waals surface area contributed by atoms with Gasteiger partial charge in [0.25, 0.3) is 0 Å². The van der Waals surface area contributed by atoms with Gasteiger partial charge in [-0.25, -0.2) is 4.98 Å². The largest absolute Gasteiger partial charge is 0.399 e. The molecule has 0 unspecified atom stereocenters. The van der Waals surface area contributed by atoms with Crippen molar-refractivity contribution in [2.24, 2.45) is 0 Å². The number of aromatic nitrogens is 1. The van der Waals surface area contributed by atoms with Crippen LogP contribution in [0.15, 0.2) is 42.5 Å². The molecule has 0 aliphatic carbocycles. The standard InChI is InChI=1S/C15H14N2/c1-2-10-4-3-5-11-8-12-9-13(16)6-7-14(12)17-15(10)11/h3-9H,2,16H2,1H3. The van der Waals surface area contributed by atoms with Crippen LogP contribution in [0.1, 0.15) is 12.5 Å². The van der Waals surface area contributed by atoms with E-state index in [-0.39, 0.29) is 0 Å². The van der Waals surface area contributed by atoms with Gasteiger partial charge >= 0.3 is 0 Å². The zero-order chi connectivity index (χ0) is 11.8. The molecule has 2 aromatic carbocycles. The monoisotopic (exact) mass is 222 g/mol. The first-order valence-corrected chi connectivity index (χ1v) is 5.86. The quantitative estimate of drug-likeness (QED) is 0.505. The van der Waals surface area contributed by atoms with Crippen molar-refractivity contribution in [2.45, 2.75) is 13.3 Å². The molecule has 0 radical (unpaired) electrons. The molecule has 1 heterocycles. The van der Waals surface area contributed by atoms with E-state index in [1.165, 1.54) is 10.9 Å². The van der Waals surface area contributed by atoms with E-state index in [2.05, 4.69) is 31.2 Å². The van der Waals surface area contributed by atoms with Crippen molar-refractivity contribution in [3.8, 4) is 0 Å². The summed E-state index contributed by atoms with van der Waals surface area (Å²) in [7, 11) is 0. The molecule has 0 atom stereocenters. The number of aryl methyl sites for hydroxylation is 1. The smallest absolute Gasteiger partial charge is 0.0741 e. The highest BCUT2D eigenvalue weighted by atomic mass is 14.7. The highest BCUT2D eigenvalue weighted by Crippen LogP contribution is 2.24. The summed E-state index contributed by atoms with van der Waals surface area (Å²) < 4.78 is 0. The number of nitrogens with zero attached hydrogens (tertiary/aromatic N) is 1. The molecule has 0 spiro atoms. The van der Waals surface area contributed by atoms with Gasteiger partial charge in [-0.2, -0.15) is 0 Å². The van der Waals surface area contributed by atoms with Crippen LogP contribution in [0.5, 0.6) is 0 Å². The number of benzene rings is 2. The summed E-state index contributed by atoms with van der Waals surface area (Å²) in [5.74, 6) is 0. The number of nitrogen functional groups attached to an aromatic ring is 1. The van der Waals surface area contributed by atoms with E-state index >= 15 is 0 Å². The van der Waals surface area contributed by atoms with Crippen LogP contribution in [0.2, 0.25) is 0 Å². The van der Waals surface area contributed by atoms with Gasteiger partial charge in [0.05, 0.1) is 11.0 Å². The highest BCUT2D eigenvalue weighted by Gasteiger charge is 2.03. The number of anilines is 1. The van der Waals surface area contributed by atoms with Gasteiger partial charge < -0.3 is 5.73 Å². The third-order valence-electron chi connectivity index (χ3n) is 3.13. The second-order valence-electron chi connectivity index (χ2n) is 4.28. The summed E-state index contributed by atoms with van der Waals surface area (Å²) >= 11 is 0. The lowest BCUT2D eigenvalue weighted by molar-refractivity contribution is 1.15. The van der Waals surface area contributed by atoms with Crippen molar-refractivity contribution in [1.82, 2.24) is 4.98 Å². The summed E-state index contributed by atoms with van der Waals surface area (Å²) in [6.45, 7) is 2.16. The number of rotatable bonds is 1. The first kappa shape index (κ1) is 10.1. The van der Waals surface area contributed by atoms with Crippen molar-refractivity contribution in [3.63, 3.8) is 0 Å². The maximum atomic E-state index is 5.80. The van der Waals surface area contributed by atoms with E-state index in [0.29, 0.717) is 0 Å². The Morgan fingerprint density at radius 3 is 2.76 bits per heavy atom. The van der Waals surface area contributed by atoms with Crippen LogP contribution >= 0.6 is 0 Å². The number of nitrogens with two attached hydrogens (primary N) is 1. The molecule has 3 rings (SSSR count). The van der Waals surface area contributed by atoms with Crippen LogP contribution in [0.3, 0.4) is 0 Å². The number of fused-ring (bicyclic) bond motifs is 2. The van der Waals surface area contributed by atoms with Gasteiger partial charge in [0.1, 0.15) is 0 Å². The van der Waals surface area contributed by atoms with E-state index < -0.39 is 0 Å². The molecule has 0 saturated heterocycles. The Morgan fingerprint density at radius 2 is 1.94 bits per heavy atom. The molecule has 2 heteroatoms. The summed E-state index contributed by atoms with van der Waals surface area (Å²) in [6.07, 6.45) is 1.00. The number of para-hydroxylation sites is 1. The van der Waals surface area contributed by atoms with E-state index in [9.17, 15) is 0 Å². The van der Waals surface area contributed by atoms with Crippen molar-refractivity contribution < 1.29 is 0 Å². The lowest BCUT2D eigenvalue weighted by Gasteiger charge is -2.06. The zero-order valence-corrected chi connectivity index (χ0v) is 9.77. The summed E-state index contributed by atoms with van der Waals surface area (Å²) in [6, 6.07) is 14.3. The molecule has 0 fully saturated rings. The molecular weight excluding hydrogens is 208 g/mol. The molecule has 0 aliphatic rings. The predicted octanol–water partition coefficient (Wildman–Crippen LogP) is 3.53. The normalized spacial score (nSPS) is 11.1. The fraction of sp³-hybridized carbons (Fsp3) is 0.133. The molecule has 17 heavy (non-hydrogen) atoms. The average molecular weight is 222 g/mol. The van der Waals surface area contributed by atoms with Gasteiger partial charge in [0, 0.05) is 16.5 Å². The summed E-state index contributed by atoms with van der Waals surface area (Å²) in [5.41, 5.74) is 9.98. The zero-order valence-electron chi connectivity index (χ0n) is 9.77. The summed E-state index contributed by atoms with van der Waals surface area (Å²) in [4.78, 5) is 4.73. The minimum absolute atomic E-state index is 0.783. The maximum Gasteiger partial charge on any atom is 0.0741 e. The lowest BCUT2D eigenvalue weighted by Crippen LogP contribution is -1.90. The van der Waals surface area contributed by atoms with Crippen LogP contribution in [-0.2, 0) is 6.42 Å². The van der Waals surface area contributed by atoms with Crippen LogP contribution in [-0.4, -0.2) is 4.98 Å². The van der Waals surface area contributed by atoms with Gasteiger partial charge in [-0.15, -0.1) is 0 Å². The van der Waals surface area contributed by atoms with Crippen LogP contribution in [0.25, 0.3) is 21.8 Å². The molecule has 1 aromatic heterocycles. The molecule has 3 aromatic rings. The lowest BCUT2D eigenvalue weighted by atomic mass is 10.1. The van der Waals surface area contributed by atoms with Crippen LogP contribution < -0.4 is 5.73 Å². The molecule has 84 valence electrons. The third-order valence-corrected chi connectivity index (χ3v) is 3.13. The fourth-order valence-corrected chi connectivity index (χ4v) is 2.23. The highest BCUT2D eigenvalue weighted by molar-refractivity contribution is 5.95. The number of pyridine rings is 1. The maximum absolute atomic E-state index is 5.80. The van der Waals surface area contributed by atoms with Crippen molar-refractivity contribution in [3.05, 3.63) is 48.0 Å². The second-order valence-corrected chi connectivity index (χ2v) is 4.28. The van der Waals surface area contributed by atoms with Crippen LogP contribution in [0, 0.1) is 0 Å². The van der Waals surface area contributed by atoms with Gasteiger partial charge in [-0.1, -0.05) is 25.1 Å². The Balaban J connectivity index is 2.43. The van der Waals surface area contributed by atoms with E-state index in [0.717, 1.165) is 28.5 Å². The van der Waals surface area contributed by atoms with Gasteiger partial charge in [0.2, 0.25) is 0 Å². The predicted molar refractivity (Wildman–Crippen MR) is 73.0 cm³/mol. The first-order chi connectivity index (χ1) is 8.28. The Hall–Kier alpha value is -2.09. The summed E-state index contributed by atoms with van der Waals surface area (Å²) in [5, 5.41) is 2.29. The minimum Gasteiger partial charge on any atom is -0.399 e. The Bertz CT molecular complexity index is 702. The number of hydrogen-bond donors (Lipinski definition) is 1. The van der Waals surface area contributed by atoms with Gasteiger partial charge in [0.15, 0.2) is 0 Å². The topological polar surface area (TPSA) is 38.9 Å². The van der Waals surface area contributed by atoms with E-state index in [1.54, 1.807) is 0 Å². The Morgan fingerprint density at radius 1 is 1.06 bits per heavy atom. The van der Waals surface area contributed by atoms with Gasteiger partial charge in [-0.05, 0) is 36.2 Å². The van der Waals surface area contributed by atoms with E-state index in [4.69, 9.17) is 10.7 Å². The Kier molecular flexibility index (Phi) is 2.22. The number of hydrogen-bond acceptors (Lipinski definition) is 2. The fourth-order valence-electron chi connectivity index (χ4n) is 2.23. The van der Waals surface area contributed by atoms with Crippen molar-refractivity contribution in [1.29, 1.82) is 0 Å². The first-order valence-electron chi connectivity index (χ1n) is 5.86. The molecular formula is C15H14N2. The van der Waals surface area contributed by atoms with Gasteiger partial charge in [-0.3, -0.25) is 0 Å². The van der Waals surface area contributed by atoms with Crippen LogP contribution in [0.4, 0.5) is 5.69 Å². The third kappa shape index (κ3) is 1.62. The average Bonchev–Trinajstić information content (AvgIpc) is 2.35. The molecule has 0 aliphatic heterocycles. The van der Waals surface area contributed by atoms with Crippen molar-refractivity contribution in [2.75, 3.05) is 5.73 Å². The minimum atomic E-state index is 0.783. The second kappa shape index (κ2) is 3.74. The molecule has 0 bridgehead atoms. The Labute approximate surface area is 100 Å². The molecule has 0 saturated carbocycles.